The fraction of sp³-hybridized carbons (Fsp3) is 0.636. The van der Waals surface area contributed by atoms with Crippen molar-refractivity contribution in [3.05, 3.63) is 41.2 Å². The first-order valence-corrected chi connectivity index (χ1v) is 9.74. The van der Waals surface area contributed by atoms with Gasteiger partial charge in [0.25, 0.3) is 0 Å². The van der Waals surface area contributed by atoms with Gasteiger partial charge < -0.3 is 4.74 Å². The summed E-state index contributed by atoms with van der Waals surface area (Å²) in [6.45, 7) is 10.4. The number of halogens is 1. The molecule has 0 heterocycles. The van der Waals surface area contributed by atoms with E-state index in [1.165, 1.54) is 17.6 Å². The van der Waals surface area contributed by atoms with E-state index in [4.69, 9.17) is 4.74 Å². The molecule has 0 saturated heterocycles. The Morgan fingerprint density at radius 1 is 1.20 bits per heavy atom. The van der Waals surface area contributed by atoms with Gasteiger partial charge in [-0.1, -0.05) is 36.4 Å². The largest absolute Gasteiger partial charge is 0.492 e. The van der Waals surface area contributed by atoms with Crippen LogP contribution in [-0.2, 0) is 11.2 Å². The predicted octanol–water partition coefficient (Wildman–Crippen LogP) is 6.75. The van der Waals surface area contributed by atoms with Crippen molar-refractivity contribution < 1.29 is 9.22 Å². The SMILES string of the molecule is CCCCC(C)N(F)c1ccc(CC(OC(C)(C)C)=C2CCC2)cc1. The summed E-state index contributed by atoms with van der Waals surface area (Å²) in [6, 6.07) is 7.75. The number of hydrogen-bond donors (Lipinski definition) is 0. The maximum absolute atomic E-state index is 14.5. The number of hydrogen-bond acceptors (Lipinski definition) is 2. The number of allylic oxidation sites excluding steroid dienone is 2. The van der Waals surface area contributed by atoms with Crippen molar-refractivity contribution >= 4 is 5.69 Å². The van der Waals surface area contributed by atoms with Crippen molar-refractivity contribution in [3.8, 4) is 0 Å². The van der Waals surface area contributed by atoms with Gasteiger partial charge in [-0.15, -0.1) is 0 Å². The van der Waals surface area contributed by atoms with E-state index in [2.05, 4.69) is 27.7 Å². The van der Waals surface area contributed by atoms with Crippen LogP contribution in [0.4, 0.5) is 10.2 Å². The number of nitrogens with zero attached hydrogens (tertiary/aromatic N) is 1. The minimum atomic E-state index is -0.178. The van der Waals surface area contributed by atoms with E-state index in [-0.39, 0.29) is 11.6 Å². The minimum absolute atomic E-state index is 0.0809. The Hall–Kier alpha value is -1.51. The first-order valence-electron chi connectivity index (χ1n) is 9.74. The Labute approximate surface area is 153 Å². The summed E-state index contributed by atoms with van der Waals surface area (Å²) in [7, 11) is 0. The lowest BCUT2D eigenvalue weighted by atomic mass is 9.89. The van der Waals surface area contributed by atoms with Crippen molar-refractivity contribution in [2.75, 3.05) is 5.12 Å². The highest BCUT2D eigenvalue weighted by atomic mass is 19.2. The Morgan fingerprint density at radius 2 is 1.84 bits per heavy atom. The number of ether oxygens (including phenoxy) is 1. The number of rotatable bonds is 8. The Morgan fingerprint density at radius 3 is 2.32 bits per heavy atom. The van der Waals surface area contributed by atoms with E-state index in [0.717, 1.165) is 49.4 Å². The number of unbranched alkanes of at least 4 members (excludes halogenated alkanes) is 1. The van der Waals surface area contributed by atoms with Gasteiger partial charge in [0.15, 0.2) is 0 Å². The Kier molecular flexibility index (Phi) is 6.92. The number of benzene rings is 1. The average Bonchev–Trinajstić information content (AvgIpc) is 2.49. The first kappa shape index (κ1) is 19.8. The van der Waals surface area contributed by atoms with Gasteiger partial charge in [-0.3, -0.25) is 0 Å². The molecule has 1 aliphatic rings. The van der Waals surface area contributed by atoms with Gasteiger partial charge in [-0.25, -0.2) is 5.12 Å². The second-order valence-corrected chi connectivity index (χ2v) is 8.24. The van der Waals surface area contributed by atoms with Crippen LogP contribution >= 0.6 is 0 Å². The molecule has 1 unspecified atom stereocenters. The van der Waals surface area contributed by atoms with E-state index in [9.17, 15) is 4.48 Å². The maximum Gasteiger partial charge on any atom is 0.100 e. The molecule has 2 nitrogen and oxygen atoms in total. The van der Waals surface area contributed by atoms with E-state index >= 15 is 0 Å². The van der Waals surface area contributed by atoms with Gasteiger partial charge in [0.1, 0.15) is 11.4 Å². The van der Waals surface area contributed by atoms with Crippen LogP contribution in [0.1, 0.15) is 78.7 Å². The fourth-order valence-electron chi connectivity index (χ4n) is 3.04. The second-order valence-electron chi connectivity index (χ2n) is 8.24. The highest BCUT2D eigenvalue weighted by Gasteiger charge is 2.21. The van der Waals surface area contributed by atoms with Gasteiger partial charge in [0.05, 0.1) is 11.7 Å². The van der Waals surface area contributed by atoms with Crippen LogP contribution in [0.3, 0.4) is 0 Å². The lowest BCUT2D eigenvalue weighted by Crippen LogP contribution is -2.24. The smallest absolute Gasteiger partial charge is 0.100 e. The molecule has 1 aromatic rings. The van der Waals surface area contributed by atoms with Crippen LogP contribution in [0, 0.1) is 0 Å². The monoisotopic (exact) mass is 347 g/mol. The van der Waals surface area contributed by atoms with Crippen LogP contribution in [0.5, 0.6) is 0 Å². The molecule has 0 bridgehead atoms. The molecule has 0 aromatic heterocycles. The first-order chi connectivity index (χ1) is 11.8. The third-order valence-corrected chi connectivity index (χ3v) is 4.69. The molecule has 25 heavy (non-hydrogen) atoms. The molecule has 1 saturated carbocycles. The van der Waals surface area contributed by atoms with Gasteiger partial charge in [-0.2, -0.15) is 0 Å². The highest BCUT2D eigenvalue weighted by Crippen LogP contribution is 2.33. The van der Waals surface area contributed by atoms with Crippen molar-refractivity contribution in [1.29, 1.82) is 0 Å². The molecule has 2 rings (SSSR count). The van der Waals surface area contributed by atoms with Crippen molar-refractivity contribution in [3.63, 3.8) is 0 Å². The topological polar surface area (TPSA) is 12.5 Å². The molecule has 1 aromatic carbocycles. The van der Waals surface area contributed by atoms with Crippen molar-refractivity contribution in [2.45, 2.75) is 91.2 Å². The third-order valence-electron chi connectivity index (χ3n) is 4.69. The Balaban J connectivity index is 2.03. The molecule has 0 amide bonds. The normalized spacial score (nSPS) is 15.5. The zero-order chi connectivity index (χ0) is 18.4. The number of anilines is 1. The molecule has 0 aliphatic heterocycles. The molecule has 3 heteroatoms. The molecule has 0 radical (unpaired) electrons. The lowest BCUT2D eigenvalue weighted by Gasteiger charge is -2.29. The molecular weight excluding hydrogens is 313 g/mol. The summed E-state index contributed by atoms with van der Waals surface area (Å²) < 4.78 is 20.7. The second kappa shape index (κ2) is 8.73. The minimum Gasteiger partial charge on any atom is -0.492 e. The summed E-state index contributed by atoms with van der Waals surface area (Å²) in [4.78, 5) is 0. The van der Waals surface area contributed by atoms with Gasteiger partial charge in [0.2, 0.25) is 0 Å². The van der Waals surface area contributed by atoms with E-state index in [1.54, 1.807) is 0 Å². The fourth-order valence-corrected chi connectivity index (χ4v) is 3.04. The third kappa shape index (κ3) is 6.05. The Bertz CT molecular complexity index is 565. The molecule has 0 N–H and O–H groups in total. The summed E-state index contributed by atoms with van der Waals surface area (Å²) in [5, 5.41) is 0.899. The summed E-state index contributed by atoms with van der Waals surface area (Å²) in [5.41, 5.74) is 3.08. The van der Waals surface area contributed by atoms with E-state index in [1.807, 2.05) is 31.2 Å². The molecule has 140 valence electrons. The molecule has 0 spiro atoms. The van der Waals surface area contributed by atoms with Crippen molar-refractivity contribution in [2.24, 2.45) is 0 Å². The molecular formula is C22H34FNO. The van der Waals surface area contributed by atoms with Gasteiger partial charge >= 0.3 is 0 Å². The average molecular weight is 348 g/mol. The van der Waals surface area contributed by atoms with E-state index < -0.39 is 0 Å². The van der Waals surface area contributed by atoms with Gasteiger partial charge in [-0.05, 0) is 76.6 Å². The zero-order valence-electron chi connectivity index (χ0n) is 16.6. The quantitative estimate of drug-likeness (QED) is 0.381. The van der Waals surface area contributed by atoms with Crippen molar-refractivity contribution in [1.82, 2.24) is 0 Å². The molecule has 1 atom stereocenters. The molecule has 1 fully saturated rings. The van der Waals surface area contributed by atoms with Crippen LogP contribution in [-0.4, -0.2) is 11.6 Å². The molecule has 1 aliphatic carbocycles. The predicted molar refractivity (Wildman–Crippen MR) is 104 cm³/mol. The van der Waals surface area contributed by atoms with Crippen LogP contribution in [0.2, 0.25) is 0 Å². The van der Waals surface area contributed by atoms with Crippen LogP contribution in [0.25, 0.3) is 0 Å². The standard InChI is InChI=1S/C22H34FNO/c1-6-7-9-17(2)24(23)20-14-12-18(13-15-20)16-21(19-10-8-11-19)25-22(3,4)5/h12-15,17H,6-11,16H2,1-5H3. The summed E-state index contributed by atoms with van der Waals surface area (Å²) >= 11 is 0. The lowest BCUT2D eigenvalue weighted by molar-refractivity contribution is 0.0447. The highest BCUT2D eigenvalue weighted by molar-refractivity contribution is 5.46. The maximum atomic E-state index is 14.5. The summed E-state index contributed by atoms with van der Waals surface area (Å²) in [6.07, 6.45) is 7.39. The van der Waals surface area contributed by atoms with Gasteiger partial charge in [0, 0.05) is 6.42 Å². The zero-order valence-corrected chi connectivity index (χ0v) is 16.6. The summed E-state index contributed by atoms with van der Waals surface area (Å²) in [5.74, 6) is 1.11. The van der Waals surface area contributed by atoms with Crippen LogP contribution < -0.4 is 5.12 Å². The van der Waals surface area contributed by atoms with E-state index in [0.29, 0.717) is 5.69 Å². The van der Waals surface area contributed by atoms with Crippen LogP contribution in [0.15, 0.2) is 35.6 Å².